The number of hydrogen-bond acceptors (Lipinski definition) is 3. The minimum absolute atomic E-state index is 0.0423. The average Bonchev–Trinajstić information content (AvgIpc) is 2.72. The molecule has 0 saturated heterocycles. The van der Waals surface area contributed by atoms with E-state index >= 15 is 0 Å². The molecule has 1 heterocycles. The Labute approximate surface area is 101 Å². The van der Waals surface area contributed by atoms with Crippen LogP contribution in [0.4, 0.5) is 0 Å². The predicted octanol–water partition coefficient (Wildman–Crippen LogP) is 3.21. The highest BCUT2D eigenvalue weighted by atomic mass is 16.3. The molecule has 1 aromatic heterocycles. The van der Waals surface area contributed by atoms with Crippen molar-refractivity contribution in [3.8, 4) is 0 Å². The molecule has 3 nitrogen and oxygen atoms in total. The Balaban J connectivity index is 2.30. The normalized spacial score (nSPS) is 12.8. The summed E-state index contributed by atoms with van der Waals surface area (Å²) < 4.78 is 5.80. The lowest BCUT2D eigenvalue weighted by atomic mass is 10.1. The van der Waals surface area contributed by atoms with Crippen LogP contribution in [0.25, 0.3) is 11.0 Å². The third kappa shape index (κ3) is 2.57. The summed E-state index contributed by atoms with van der Waals surface area (Å²) in [5.74, 6) is 6.44. The lowest BCUT2D eigenvalue weighted by molar-refractivity contribution is 0.419. The second-order valence-electron chi connectivity index (χ2n) is 4.28. The van der Waals surface area contributed by atoms with Crippen LogP contribution in [0.3, 0.4) is 0 Å². The van der Waals surface area contributed by atoms with Crippen LogP contribution >= 0.6 is 0 Å². The second kappa shape index (κ2) is 5.17. The van der Waals surface area contributed by atoms with Crippen LogP contribution < -0.4 is 11.3 Å². The van der Waals surface area contributed by atoms with Gasteiger partial charge in [-0.1, -0.05) is 17.7 Å². The van der Waals surface area contributed by atoms with Crippen LogP contribution in [0.1, 0.15) is 30.2 Å². The molecule has 17 heavy (non-hydrogen) atoms. The third-order valence-corrected chi connectivity index (χ3v) is 2.89. The van der Waals surface area contributed by atoms with Gasteiger partial charge in [0, 0.05) is 5.39 Å². The topological polar surface area (TPSA) is 51.2 Å². The zero-order valence-corrected chi connectivity index (χ0v) is 10.1. The molecule has 90 valence electrons. The minimum atomic E-state index is 0.0423. The van der Waals surface area contributed by atoms with Gasteiger partial charge in [0.1, 0.15) is 11.3 Å². The van der Waals surface area contributed by atoms with Gasteiger partial charge in [0.2, 0.25) is 0 Å². The number of rotatable bonds is 5. The number of benzene rings is 1. The van der Waals surface area contributed by atoms with E-state index in [1.54, 1.807) is 0 Å². The fourth-order valence-corrected chi connectivity index (χ4v) is 1.95. The molecular weight excluding hydrogens is 212 g/mol. The van der Waals surface area contributed by atoms with Crippen molar-refractivity contribution in [1.82, 2.24) is 5.43 Å². The van der Waals surface area contributed by atoms with Crippen molar-refractivity contribution < 1.29 is 4.42 Å². The first-order chi connectivity index (χ1) is 8.24. The first kappa shape index (κ1) is 11.9. The molecule has 0 fully saturated rings. The molecule has 0 spiro atoms. The van der Waals surface area contributed by atoms with E-state index in [-0.39, 0.29) is 6.04 Å². The van der Waals surface area contributed by atoms with E-state index in [9.17, 15) is 0 Å². The lowest BCUT2D eigenvalue weighted by Gasteiger charge is -2.11. The number of hydrogen-bond donors (Lipinski definition) is 2. The molecule has 0 aliphatic carbocycles. The van der Waals surface area contributed by atoms with Gasteiger partial charge in [-0.25, -0.2) is 5.43 Å². The molecule has 3 heteroatoms. The van der Waals surface area contributed by atoms with Gasteiger partial charge in [-0.05, 0) is 38.0 Å². The van der Waals surface area contributed by atoms with Gasteiger partial charge >= 0.3 is 0 Å². The molecule has 0 bridgehead atoms. The summed E-state index contributed by atoms with van der Waals surface area (Å²) in [7, 11) is 0. The van der Waals surface area contributed by atoms with Gasteiger partial charge in [0.05, 0.1) is 6.04 Å². The smallest absolute Gasteiger partial charge is 0.134 e. The zero-order chi connectivity index (χ0) is 12.3. The van der Waals surface area contributed by atoms with Crippen molar-refractivity contribution >= 4 is 11.0 Å². The van der Waals surface area contributed by atoms with E-state index in [4.69, 9.17) is 10.3 Å². The van der Waals surface area contributed by atoms with Gasteiger partial charge in [-0.3, -0.25) is 5.84 Å². The van der Waals surface area contributed by atoms with Crippen LogP contribution in [0.5, 0.6) is 0 Å². The number of aryl methyl sites for hydroxylation is 1. The maximum absolute atomic E-state index is 5.80. The molecule has 0 aliphatic heterocycles. The minimum Gasteiger partial charge on any atom is -0.459 e. The number of furan rings is 1. The maximum atomic E-state index is 5.80. The fourth-order valence-electron chi connectivity index (χ4n) is 1.95. The fraction of sp³-hybridized carbons (Fsp3) is 0.286. The summed E-state index contributed by atoms with van der Waals surface area (Å²) in [5, 5.41) is 1.12. The van der Waals surface area contributed by atoms with Gasteiger partial charge < -0.3 is 4.42 Å². The van der Waals surface area contributed by atoms with Gasteiger partial charge in [-0.2, -0.15) is 0 Å². The summed E-state index contributed by atoms with van der Waals surface area (Å²) in [4.78, 5) is 0. The van der Waals surface area contributed by atoms with Crippen molar-refractivity contribution in [2.24, 2.45) is 5.84 Å². The molecule has 2 aromatic rings. The molecule has 0 amide bonds. The van der Waals surface area contributed by atoms with Gasteiger partial charge in [-0.15, -0.1) is 6.58 Å². The highest BCUT2D eigenvalue weighted by Crippen LogP contribution is 2.26. The summed E-state index contributed by atoms with van der Waals surface area (Å²) in [6, 6.07) is 8.25. The molecular formula is C14H18N2O. The van der Waals surface area contributed by atoms with E-state index in [0.29, 0.717) is 0 Å². The first-order valence-corrected chi connectivity index (χ1v) is 5.81. The second-order valence-corrected chi connectivity index (χ2v) is 4.28. The predicted molar refractivity (Wildman–Crippen MR) is 70.4 cm³/mol. The molecule has 1 aromatic carbocycles. The molecule has 1 atom stereocenters. The van der Waals surface area contributed by atoms with Crippen LogP contribution in [-0.4, -0.2) is 0 Å². The number of nitrogens with two attached hydrogens (primary N) is 1. The zero-order valence-electron chi connectivity index (χ0n) is 10.1. The van der Waals surface area contributed by atoms with Gasteiger partial charge in [0.25, 0.3) is 0 Å². The molecule has 1 unspecified atom stereocenters. The van der Waals surface area contributed by atoms with Crippen LogP contribution in [0, 0.1) is 6.92 Å². The Kier molecular flexibility index (Phi) is 3.61. The Morgan fingerprint density at radius 1 is 1.47 bits per heavy atom. The van der Waals surface area contributed by atoms with E-state index < -0.39 is 0 Å². The monoisotopic (exact) mass is 230 g/mol. The number of fused-ring (bicyclic) bond motifs is 1. The average molecular weight is 230 g/mol. The van der Waals surface area contributed by atoms with E-state index in [1.165, 1.54) is 5.56 Å². The van der Waals surface area contributed by atoms with Crippen LogP contribution in [0.15, 0.2) is 41.3 Å². The van der Waals surface area contributed by atoms with E-state index in [2.05, 4.69) is 31.1 Å². The Morgan fingerprint density at radius 2 is 2.29 bits per heavy atom. The number of allylic oxidation sites excluding steroid dienone is 1. The Hall–Kier alpha value is -1.58. The summed E-state index contributed by atoms with van der Waals surface area (Å²) in [5.41, 5.74) is 4.92. The van der Waals surface area contributed by atoms with Crippen molar-refractivity contribution in [3.05, 3.63) is 48.2 Å². The summed E-state index contributed by atoms with van der Waals surface area (Å²) in [6.45, 7) is 5.79. The quantitative estimate of drug-likeness (QED) is 0.471. The van der Waals surface area contributed by atoms with Crippen molar-refractivity contribution in [2.75, 3.05) is 0 Å². The van der Waals surface area contributed by atoms with E-state index in [0.717, 1.165) is 29.6 Å². The van der Waals surface area contributed by atoms with Crippen molar-refractivity contribution in [1.29, 1.82) is 0 Å². The van der Waals surface area contributed by atoms with E-state index in [1.807, 2.05) is 18.2 Å². The molecule has 0 radical (unpaired) electrons. The number of hydrazine groups is 1. The first-order valence-electron chi connectivity index (χ1n) is 5.81. The van der Waals surface area contributed by atoms with Crippen LogP contribution in [0.2, 0.25) is 0 Å². The van der Waals surface area contributed by atoms with Crippen molar-refractivity contribution in [2.45, 2.75) is 25.8 Å². The highest BCUT2D eigenvalue weighted by Gasteiger charge is 2.14. The third-order valence-electron chi connectivity index (χ3n) is 2.89. The number of nitrogens with one attached hydrogen (secondary N) is 1. The maximum Gasteiger partial charge on any atom is 0.134 e. The lowest BCUT2D eigenvalue weighted by Crippen LogP contribution is -2.27. The Bertz CT molecular complexity index is 516. The molecule has 3 N–H and O–H groups in total. The van der Waals surface area contributed by atoms with Crippen molar-refractivity contribution in [3.63, 3.8) is 0 Å². The standard InChI is InChI=1S/C14H18N2O/c1-3-4-5-12(16-15)14-9-11-8-10(2)6-7-13(11)17-14/h3,6-9,12,16H,1,4-5,15H2,2H3. The molecule has 0 aliphatic rings. The summed E-state index contributed by atoms with van der Waals surface area (Å²) >= 11 is 0. The van der Waals surface area contributed by atoms with Gasteiger partial charge in [0.15, 0.2) is 0 Å². The molecule has 2 rings (SSSR count). The largest absolute Gasteiger partial charge is 0.459 e. The Morgan fingerprint density at radius 3 is 3.00 bits per heavy atom. The molecule has 0 saturated carbocycles. The highest BCUT2D eigenvalue weighted by molar-refractivity contribution is 5.78. The summed E-state index contributed by atoms with van der Waals surface area (Å²) in [6.07, 6.45) is 3.68. The van der Waals surface area contributed by atoms with Crippen LogP contribution in [-0.2, 0) is 0 Å². The SMILES string of the molecule is C=CCCC(NN)c1cc2cc(C)ccc2o1.